The minimum Gasteiger partial charge on any atom is -0.0988 e. The summed E-state index contributed by atoms with van der Waals surface area (Å²) in [6, 6.07) is 0. The van der Waals surface area contributed by atoms with Crippen molar-refractivity contribution in [2.45, 2.75) is 27.7 Å². The summed E-state index contributed by atoms with van der Waals surface area (Å²) < 4.78 is 0. The Morgan fingerprint density at radius 3 is 2.27 bits per heavy atom. The maximum atomic E-state index is 3.71. The molecule has 0 rings (SSSR count). The Kier molecular flexibility index (Phi) is 4.60. The van der Waals surface area contributed by atoms with Gasteiger partial charge in [-0.3, -0.25) is 0 Å². The second-order valence-electron chi connectivity index (χ2n) is 2.94. The van der Waals surface area contributed by atoms with E-state index in [1.54, 1.807) is 0 Å². The van der Waals surface area contributed by atoms with E-state index in [1.165, 1.54) is 11.1 Å². The zero-order chi connectivity index (χ0) is 8.85. The molecule has 0 aromatic rings. The van der Waals surface area contributed by atoms with Gasteiger partial charge in [-0.25, -0.2) is 0 Å². The minimum atomic E-state index is 0.540. The van der Waals surface area contributed by atoms with Gasteiger partial charge in [0, 0.05) is 0 Å². The zero-order valence-electron chi connectivity index (χ0n) is 8.02. The first-order chi connectivity index (χ1) is 5.11. The normalized spacial score (nSPS) is 16.4. The lowest BCUT2D eigenvalue weighted by molar-refractivity contribution is 0.853. The third kappa shape index (κ3) is 3.82. The molecule has 0 aliphatic carbocycles. The second-order valence-corrected chi connectivity index (χ2v) is 2.94. The van der Waals surface area contributed by atoms with Gasteiger partial charge in [-0.05, 0) is 26.7 Å². The molecule has 0 nitrogen and oxygen atoms in total. The van der Waals surface area contributed by atoms with E-state index in [2.05, 4.69) is 46.4 Å². The highest BCUT2D eigenvalue weighted by atomic mass is 14.0. The predicted octanol–water partition coefficient (Wildman–Crippen LogP) is 3.72. The first kappa shape index (κ1) is 10.2. The van der Waals surface area contributed by atoms with Gasteiger partial charge in [0.15, 0.2) is 0 Å². The molecule has 1 unspecified atom stereocenters. The van der Waals surface area contributed by atoms with E-state index < -0.39 is 0 Å². The Hall–Kier alpha value is -0.780. The van der Waals surface area contributed by atoms with Crippen LogP contribution in [0.15, 0.2) is 36.0 Å². The molecular weight excluding hydrogens is 132 g/mol. The Morgan fingerprint density at radius 1 is 1.36 bits per heavy atom. The van der Waals surface area contributed by atoms with Gasteiger partial charge in [0.05, 0.1) is 0 Å². The van der Waals surface area contributed by atoms with E-state index in [9.17, 15) is 0 Å². The van der Waals surface area contributed by atoms with Crippen LogP contribution in [0.5, 0.6) is 0 Å². The average molecular weight is 150 g/mol. The van der Waals surface area contributed by atoms with Crippen LogP contribution in [0, 0.1) is 5.92 Å². The van der Waals surface area contributed by atoms with Crippen molar-refractivity contribution >= 4 is 0 Å². The second kappa shape index (κ2) is 4.95. The first-order valence-corrected chi connectivity index (χ1v) is 4.05. The Balaban J connectivity index is 4.27. The van der Waals surface area contributed by atoms with Gasteiger partial charge in [0.25, 0.3) is 0 Å². The summed E-state index contributed by atoms with van der Waals surface area (Å²) in [4.78, 5) is 0. The molecule has 0 aliphatic heterocycles. The molecule has 0 saturated carbocycles. The maximum Gasteiger partial charge on any atom is -0.00488 e. The lowest BCUT2D eigenvalue weighted by atomic mass is 10.00. The van der Waals surface area contributed by atoms with Crippen molar-refractivity contribution in [1.29, 1.82) is 0 Å². The van der Waals surface area contributed by atoms with Crippen LogP contribution >= 0.6 is 0 Å². The van der Waals surface area contributed by atoms with Crippen LogP contribution in [0.2, 0.25) is 0 Å². The summed E-state index contributed by atoms with van der Waals surface area (Å²) in [5, 5.41) is 0. The van der Waals surface area contributed by atoms with Crippen molar-refractivity contribution in [2.75, 3.05) is 0 Å². The highest BCUT2D eigenvalue weighted by molar-refractivity contribution is 5.19. The van der Waals surface area contributed by atoms with Crippen molar-refractivity contribution < 1.29 is 0 Å². The lowest BCUT2D eigenvalue weighted by Gasteiger charge is -2.06. The Morgan fingerprint density at radius 2 is 1.91 bits per heavy atom. The zero-order valence-corrected chi connectivity index (χ0v) is 8.02. The largest absolute Gasteiger partial charge is 0.0988 e. The van der Waals surface area contributed by atoms with Gasteiger partial charge >= 0.3 is 0 Å². The monoisotopic (exact) mass is 150 g/mol. The highest BCUT2D eigenvalue weighted by Crippen LogP contribution is 2.13. The molecule has 0 N–H and O–H groups in total. The molecule has 0 aromatic heterocycles. The van der Waals surface area contributed by atoms with Gasteiger partial charge in [0.2, 0.25) is 0 Å². The quantitative estimate of drug-likeness (QED) is 0.425. The van der Waals surface area contributed by atoms with Crippen LogP contribution in [-0.4, -0.2) is 0 Å². The third-order valence-electron chi connectivity index (χ3n) is 2.01. The molecule has 0 aliphatic rings. The molecule has 0 fully saturated rings. The topological polar surface area (TPSA) is 0 Å². The van der Waals surface area contributed by atoms with Gasteiger partial charge in [0.1, 0.15) is 0 Å². The fourth-order valence-electron chi connectivity index (χ4n) is 0.857. The van der Waals surface area contributed by atoms with Crippen molar-refractivity contribution in [3.05, 3.63) is 36.0 Å². The van der Waals surface area contributed by atoms with E-state index in [0.717, 1.165) is 0 Å². The molecule has 1 atom stereocenters. The molecule has 0 bridgehead atoms. The summed E-state index contributed by atoms with van der Waals surface area (Å²) >= 11 is 0. The van der Waals surface area contributed by atoms with Crippen molar-refractivity contribution in [3.63, 3.8) is 0 Å². The number of rotatable bonds is 3. The van der Waals surface area contributed by atoms with Crippen LogP contribution < -0.4 is 0 Å². The number of allylic oxidation sites excluding steroid dienone is 5. The van der Waals surface area contributed by atoms with E-state index >= 15 is 0 Å². The Bertz CT molecular complexity index is 182. The van der Waals surface area contributed by atoms with Crippen LogP contribution in [-0.2, 0) is 0 Å². The fraction of sp³-hybridized carbons (Fsp3) is 0.455. The Labute approximate surface area is 70.3 Å². The SMILES string of the molecule is C=C/C(C)=C/C(C)/C(C)=C/C. The van der Waals surface area contributed by atoms with Crippen molar-refractivity contribution in [2.24, 2.45) is 5.92 Å². The fourth-order valence-corrected chi connectivity index (χ4v) is 0.857. The van der Waals surface area contributed by atoms with Crippen molar-refractivity contribution in [3.8, 4) is 0 Å². The molecule has 0 aromatic carbocycles. The molecule has 0 heteroatoms. The van der Waals surface area contributed by atoms with Crippen LogP contribution in [0.25, 0.3) is 0 Å². The van der Waals surface area contributed by atoms with Gasteiger partial charge in [-0.2, -0.15) is 0 Å². The third-order valence-corrected chi connectivity index (χ3v) is 2.01. The summed E-state index contributed by atoms with van der Waals surface area (Å²) in [5.41, 5.74) is 2.66. The molecule has 62 valence electrons. The van der Waals surface area contributed by atoms with Gasteiger partial charge in [-0.1, -0.05) is 42.9 Å². The molecule has 11 heavy (non-hydrogen) atoms. The smallest absolute Gasteiger partial charge is 0.00488 e. The highest BCUT2D eigenvalue weighted by Gasteiger charge is 1.97. The molecule has 0 amide bonds. The molecule has 0 radical (unpaired) electrons. The summed E-state index contributed by atoms with van der Waals surface area (Å²) in [6.07, 6.45) is 6.26. The van der Waals surface area contributed by atoms with E-state index in [0.29, 0.717) is 5.92 Å². The molecular formula is C11H18. The van der Waals surface area contributed by atoms with Gasteiger partial charge in [-0.15, -0.1) is 0 Å². The van der Waals surface area contributed by atoms with Crippen LogP contribution in [0.1, 0.15) is 27.7 Å². The van der Waals surface area contributed by atoms with Crippen molar-refractivity contribution in [1.82, 2.24) is 0 Å². The van der Waals surface area contributed by atoms with E-state index in [-0.39, 0.29) is 0 Å². The number of hydrogen-bond acceptors (Lipinski definition) is 0. The first-order valence-electron chi connectivity index (χ1n) is 4.05. The molecule has 0 spiro atoms. The van der Waals surface area contributed by atoms with E-state index in [4.69, 9.17) is 0 Å². The van der Waals surface area contributed by atoms with Crippen LogP contribution in [0.4, 0.5) is 0 Å². The molecule has 0 saturated heterocycles. The minimum absolute atomic E-state index is 0.540. The van der Waals surface area contributed by atoms with E-state index in [1.807, 2.05) is 6.08 Å². The molecule has 0 heterocycles. The average Bonchev–Trinajstić information content (AvgIpc) is 2.02. The summed E-state index contributed by atoms with van der Waals surface area (Å²) in [5.74, 6) is 0.540. The lowest BCUT2D eigenvalue weighted by Crippen LogP contribution is -1.91. The summed E-state index contributed by atoms with van der Waals surface area (Å²) in [7, 11) is 0. The summed E-state index contributed by atoms with van der Waals surface area (Å²) in [6.45, 7) is 12.2. The van der Waals surface area contributed by atoms with Crippen LogP contribution in [0.3, 0.4) is 0 Å². The predicted molar refractivity (Wildman–Crippen MR) is 52.5 cm³/mol. The number of hydrogen-bond donors (Lipinski definition) is 0. The van der Waals surface area contributed by atoms with Gasteiger partial charge < -0.3 is 0 Å². The standard InChI is InChI=1S/C11H18/c1-6-9(3)8-11(5)10(4)7-2/h6-8,11H,1H2,2-5H3/b9-8+,10-7+. The maximum absolute atomic E-state index is 3.71.